The molecule has 16 heavy (non-hydrogen) atoms. The number of nitrogens with zero attached hydrogens (tertiary/aromatic N) is 1. The Bertz CT molecular complexity index is 331. The average molecular weight is 240 g/mol. The normalized spacial score (nSPS) is 13.8. The van der Waals surface area contributed by atoms with Gasteiger partial charge in [-0.3, -0.25) is 4.90 Å². The van der Waals surface area contributed by atoms with Crippen molar-refractivity contribution in [3.63, 3.8) is 0 Å². The lowest BCUT2D eigenvalue weighted by Gasteiger charge is -2.27. The summed E-state index contributed by atoms with van der Waals surface area (Å²) in [5.41, 5.74) is 7.10. The van der Waals surface area contributed by atoms with E-state index in [2.05, 4.69) is 45.7 Å². The molecule has 0 bridgehead atoms. The molecule has 0 aromatic carbocycles. The highest BCUT2D eigenvalue weighted by molar-refractivity contribution is 7.12. The molecule has 92 valence electrons. The van der Waals surface area contributed by atoms with Crippen LogP contribution in [-0.2, 0) is 13.1 Å². The summed E-state index contributed by atoms with van der Waals surface area (Å²) in [4.78, 5) is 5.11. The quantitative estimate of drug-likeness (QED) is 0.857. The van der Waals surface area contributed by atoms with E-state index >= 15 is 0 Å². The third-order valence-electron chi connectivity index (χ3n) is 3.35. The Kier molecular flexibility index (Phi) is 4.96. The summed E-state index contributed by atoms with van der Waals surface area (Å²) in [6.45, 7) is 10.7. The van der Waals surface area contributed by atoms with E-state index in [0.29, 0.717) is 18.5 Å². The summed E-state index contributed by atoms with van der Waals surface area (Å²) in [7, 11) is 2.20. The van der Waals surface area contributed by atoms with Gasteiger partial charge in [0.1, 0.15) is 0 Å². The van der Waals surface area contributed by atoms with Crippen LogP contribution in [0, 0.1) is 12.8 Å². The van der Waals surface area contributed by atoms with Gasteiger partial charge in [-0.05, 0) is 38.4 Å². The predicted octanol–water partition coefficient (Wildman–Crippen LogP) is 2.99. The fourth-order valence-corrected chi connectivity index (χ4v) is 2.70. The third-order valence-corrected chi connectivity index (χ3v) is 4.47. The molecule has 1 unspecified atom stereocenters. The number of rotatable bonds is 5. The van der Waals surface area contributed by atoms with Crippen molar-refractivity contribution in [1.82, 2.24) is 4.90 Å². The van der Waals surface area contributed by atoms with Gasteiger partial charge in [-0.1, -0.05) is 13.8 Å². The monoisotopic (exact) mass is 240 g/mol. The molecule has 2 N–H and O–H groups in total. The Morgan fingerprint density at radius 2 is 2.00 bits per heavy atom. The molecule has 0 amide bonds. The van der Waals surface area contributed by atoms with Crippen LogP contribution in [0.3, 0.4) is 0 Å². The molecule has 0 spiro atoms. The standard InChI is InChI=1S/C13H24N2S/c1-9(2)10(3)15(5)8-12-6-13(7-14)16-11(12)4/h6,9-10H,7-8,14H2,1-5H3. The van der Waals surface area contributed by atoms with Crippen LogP contribution in [0.25, 0.3) is 0 Å². The van der Waals surface area contributed by atoms with Crippen molar-refractivity contribution >= 4 is 11.3 Å². The highest BCUT2D eigenvalue weighted by atomic mass is 32.1. The minimum Gasteiger partial charge on any atom is -0.326 e. The zero-order valence-electron chi connectivity index (χ0n) is 11.1. The largest absolute Gasteiger partial charge is 0.326 e. The number of hydrogen-bond acceptors (Lipinski definition) is 3. The highest BCUT2D eigenvalue weighted by Gasteiger charge is 2.15. The Morgan fingerprint density at radius 1 is 1.38 bits per heavy atom. The first-order valence-electron chi connectivity index (χ1n) is 5.94. The number of thiophene rings is 1. The van der Waals surface area contributed by atoms with E-state index in [-0.39, 0.29) is 0 Å². The maximum absolute atomic E-state index is 5.67. The molecular weight excluding hydrogens is 216 g/mol. The van der Waals surface area contributed by atoms with Crippen molar-refractivity contribution in [1.29, 1.82) is 0 Å². The second-order valence-electron chi connectivity index (χ2n) is 4.90. The molecule has 1 aromatic rings. The van der Waals surface area contributed by atoms with Gasteiger partial charge in [-0.2, -0.15) is 0 Å². The SMILES string of the molecule is Cc1sc(CN)cc1CN(C)C(C)C(C)C. The summed E-state index contributed by atoms with van der Waals surface area (Å²) >= 11 is 1.82. The Labute approximate surface area is 103 Å². The van der Waals surface area contributed by atoms with Crippen LogP contribution in [0.1, 0.15) is 36.1 Å². The molecule has 0 aliphatic heterocycles. The highest BCUT2D eigenvalue weighted by Crippen LogP contribution is 2.23. The summed E-state index contributed by atoms with van der Waals surface area (Å²) in [6, 6.07) is 2.87. The van der Waals surface area contributed by atoms with Crippen LogP contribution in [0.2, 0.25) is 0 Å². The zero-order valence-corrected chi connectivity index (χ0v) is 11.9. The van der Waals surface area contributed by atoms with Gasteiger partial charge in [-0.25, -0.2) is 0 Å². The lowest BCUT2D eigenvalue weighted by Crippen LogP contribution is -2.32. The molecule has 0 saturated carbocycles. The molecule has 0 aliphatic rings. The zero-order chi connectivity index (χ0) is 12.3. The maximum Gasteiger partial charge on any atom is 0.0274 e. The van der Waals surface area contributed by atoms with Crippen molar-refractivity contribution in [2.75, 3.05) is 7.05 Å². The van der Waals surface area contributed by atoms with Gasteiger partial charge < -0.3 is 5.73 Å². The van der Waals surface area contributed by atoms with Crippen LogP contribution < -0.4 is 5.73 Å². The first kappa shape index (κ1) is 13.7. The molecule has 0 fully saturated rings. The van der Waals surface area contributed by atoms with E-state index in [1.54, 1.807) is 0 Å². The van der Waals surface area contributed by atoms with E-state index < -0.39 is 0 Å². The minimum atomic E-state index is 0.612. The molecule has 2 nitrogen and oxygen atoms in total. The molecule has 1 heterocycles. The van der Waals surface area contributed by atoms with Gasteiger partial charge in [0.05, 0.1) is 0 Å². The summed E-state index contributed by atoms with van der Waals surface area (Å²) in [5, 5.41) is 0. The van der Waals surface area contributed by atoms with Crippen molar-refractivity contribution in [2.45, 2.75) is 46.8 Å². The van der Waals surface area contributed by atoms with Crippen LogP contribution >= 0.6 is 11.3 Å². The molecule has 1 aromatic heterocycles. The Hall–Kier alpha value is -0.380. The van der Waals surface area contributed by atoms with Gasteiger partial charge in [-0.15, -0.1) is 11.3 Å². The molecule has 0 radical (unpaired) electrons. The fraction of sp³-hybridized carbons (Fsp3) is 0.692. The molecule has 1 atom stereocenters. The predicted molar refractivity (Wildman–Crippen MR) is 72.7 cm³/mol. The molecule has 3 heteroatoms. The summed E-state index contributed by atoms with van der Waals surface area (Å²) in [6.07, 6.45) is 0. The lowest BCUT2D eigenvalue weighted by atomic mass is 10.0. The molecule has 1 rings (SSSR count). The van der Waals surface area contributed by atoms with Gasteiger partial charge in [0, 0.05) is 28.9 Å². The van der Waals surface area contributed by atoms with E-state index in [0.717, 1.165) is 6.54 Å². The van der Waals surface area contributed by atoms with Gasteiger partial charge in [0.25, 0.3) is 0 Å². The summed E-state index contributed by atoms with van der Waals surface area (Å²) < 4.78 is 0. The molecular formula is C13H24N2S. The molecule has 0 saturated heterocycles. The van der Waals surface area contributed by atoms with E-state index in [9.17, 15) is 0 Å². The Balaban J connectivity index is 2.68. The number of hydrogen-bond donors (Lipinski definition) is 1. The third kappa shape index (κ3) is 3.30. The van der Waals surface area contributed by atoms with Gasteiger partial charge in [0.2, 0.25) is 0 Å². The topological polar surface area (TPSA) is 29.3 Å². The van der Waals surface area contributed by atoms with Crippen molar-refractivity contribution in [3.05, 3.63) is 21.4 Å². The van der Waals surface area contributed by atoms with Crippen LogP contribution in [0.4, 0.5) is 0 Å². The van der Waals surface area contributed by atoms with Crippen LogP contribution in [0.5, 0.6) is 0 Å². The molecule has 0 aliphatic carbocycles. The first-order chi connectivity index (χ1) is 7.45. The average Bonchev–Trinajstić information content (AvgIpc) is 2.58. The smallest absolute Gasteiger partial charge is 0.0274 e. The fourth-order valence-electron chi connectivity index (χ4n) is 1.77. The van der Waals surface area contributed by atoms with Gasteiger partial charge >= 0.3 is 0 Å². The lowest BCUT2D eigenvalue weighted by molar-refractivity contribution is 0.200. The maximum atomic E-state index is 5.67. The van der Waals surface area contributed by atoms with Gasteiger partial charge in [0.15, 0.2) is 0 Å². The second kappa shape index (κ2) is 5.80. The van der Waals surface area contributed by atoms with E-state index in [1.807, 2.05) is 11.3 Å². The summed E-state index contributed by atoms with van der Waals surface area (Å²) in [5.74, 6) is 0.693. The van der Waals surface area contributed by atoms with Crippen molar-refractivity contribution in [2.24, 2.45) is 11.7 Å². The van der Waals surface area contributed by atoms with Crippen molar-refractivity contribution in [3.8, 4) is 0 Å². The first-order valence-corrected chi connectivity index (χ1v) is 6.75. The number of aryl methyl sites for hydroxylation is 1. The van der Waals surface area contributed by atoms with E-state index in [1.165, 1.54) is 15.3 Å². The minimum absolute atomic E-state index is 0.612. The number of nitrogens with two attached hydrogens (primary N) is 1. The second-order valence-corrected chi connectivity index (χ2v) is 6.24. The van der Waals surface area contributed by atoms with Crippen LogP contribution in [0.15, 0.2) is 6.07 Å². The van der Waals surface area contributed by atoms with E-state index in [4.69, 9.17) is 5.73 Å². The van der Waals surface area contributed by atoms with Crippen molar-refractivity contribution < 1.29 is 0 Å². The Morgan fingerprint density at radius 3 is 2.44 bits per heavy atom. The van der Waals surface area contributed by atoms with Crippen LogP contribution in [-0.4, -0.2) is 18.0 Å².